The van der Waals surface area contributed by atoms with Crippen LogP contribution >= 0.6 is 0 Å². The summed E-state index contributed by atoms with van der Waals surface area (Å²) in [6, 6.07) is 6.14. The molecule has 1 fully saturated rings. The molecule has 0 aromatic heterocycles. The number of hydrogen-bond donors (Lipinski definition) is 0. The molecule has 27 heavy (non-hydrogen) atoms. The number of ether oxygens (including phenoxy) is 4. The highest BCUT2D eigenvalue weighted by Gasteiger charge is 2.26. The molecular weight excluding hydrogens is 374 g/mol. The van der Waals surface area contributed by atoms with Crippen LogP contribution in [0.25, 0.3) is 0 Å². The highest BCUT2D eigenvalue weighted by Crippen LogP contribution is 2.20. The van der Waals surface area contributed by atoms with E-state index in [0.29, 0.717) is 32.1 Å². The predicted molar refractivity (Wildman–Crippen MR) is 98.1 cm³/mol. The maximum absolute atomic E-state index is 12.5. The zero-order valence-corrected chi connectivity index (χ0v) is 16.2. The molecule has 0 spiro atoms. The molecule has 0 N–H and O–H groups in total. The van der Waals surface area contributed by atoms with Crippen molar-refractivity contribution in [3.8, 4) is 5.75 Å². The van der Waals surface area contributed by atoms with Crippen molar-refractivity contribution in [1.29, 1.82) is 0 Å². The lowest BCUT2D eigenvalue weighted by Crippen LogP contribution is -2.40. The zero-order chi connectivity index (χ0) is 19.7. The van der Waals surface area contributed by atoms with Crippen molar-refractivity contribution in [2.75, 3.05) is 46.1 Å². The van der Waals surface area contributed by atoms with Gasteiger partial charge in [-0.1, -0.05) is 6.08 Å². The molecule has 1 atom stereocenters. The van der Waals surface area contributed by atoms with Crippen molar-refractivity contribution in [3.05, 3.63) is 36.9 Å². The quantitative estimate of drug-likeness (QED) is 0.332. The fourth-order valence-electron chi connectivity index (χ4n) is 2.34. The molecule has 0 saturated carbocycles. The van der Waals surface area contributed by atoms with E-state index in [1.54, 1.807) is 25.1 Å². The van der Waals surface area contributed by atoms with Crippen LogP contribution in [0.4, 0.5) is 0 Å². The number of nitrogens with zero attached hydrogens (tertiary/aromatic N) is 1. The predicted octanol–water partition coefficient (Wildman–Crippen LogP) is 1.22. The van der Waals surface area contributed by atoms with Crippen LogP contribution in [0.5, 0.6) is 5.75 Å². The molecule has 0 aliphatic carbocycles. The summed E-state index contributed by atoms with van der Waals surface area (Å²) in [5, 5.41) is 0. The van der Waals surface area contributed by atoms with Crippen LogP contribution in [0, 0.1) is 0 Å². The minimum atomic E-state index is -3.52. The van der Waals surface area contributed by atoms with Gasteiger partial charge in [-0.05, 0) is 31.2 Å². The lowest BCUT2D eigenvalue weighted by atomic mass is 10.3. The first-order valence-electron chi connectivity index (χ1n) is 8.65. The van der Waals surface area contributed by atoms with Crippen molar-refractivity contribution in [2.24, 2.45) is 0 Å². The largest absolute Gasteiger partial charge is 0.490 e. The molecule has 1 saturated heterocycles. The normalized spacial score (nSPS) is 16.5. The van der Waals surface area contributed by atoms with E-state index in [1.807, 2.05) is 0 Å². The Balaban J connectivity index is 1.78. The smallest absolute Gasteiger partial charge is 0.335 e. The van der Waals surface area contributed by atoms with Crippen LogP contribution < -0.4 is 4.74 Å². The van der Waals surface area contributed by atoms with Crippen molar-refractivity contribution in [2.45, 2.75) is 17.9 Å². The number of esters is 1. The average Bonchev–Trinajstić information content (AvgIpc) is 2.70. The third-order valence-corrected chi connectivity index (χ3v) is 5.74. The second-order valence-corrected chi connectivity index (χ2v) is 7.71. The number of rotatable bonds is 10. The molecule has 1 aromatic rings. The molecule has 0 radical (unpaired) electrons. The molecule has 0 amide bonds. The molecule has 1 aliphatic rings. The first kappa shape index (κ1) is 21.4. The molecule has 0 bridgehead atoms. The van der Waals surface area contributed by atoms with Crippen LogP contribution in [-0.4, -0.2) is 70.9 Å². The summed E-state index contributed by atoms with van der Waals surface area (Å²) in [5.74, 6) is 0.00957. The topological polar surface area (TPSA) is 91.4 Å². The number of carbonyl (C=O) groups is 1. The standard InChI is InChI=1S/C18H25NO7S/c1-3-10-24-15(2)18(20)26-14-13-25-16-4-6-17(7-5-16)27(21,22)19-8-11-23-12-9-19/h3-7,15H,1,8-14H2,2H3. The monoisotopic (exact) mass is 399 g/mol. The lowest BCUT2D eigenvalue weighted by molar-refractivity contribution is -0.156. The molecule has 150 valence electrons. The van der Waals surface area contributed by atoms with Gasteiger partial charge in [-0.3, -0.25) is 0 Å². The molecule has 1 heterocycles. The molecule has 8 nitrogen and oxygen atoms in total. The van der Waals surface area contributed by atoms with E-state index in [-0.39, 0.29) is 24.7 Å². The molecule has 9 heteroatoms. The Morgan fingerprint density at radius 2 is 1.93 bits per heavy atom. The maximum atomic E-state index is 12.5. The fraction of sp³-hybridized carbons (Fsp3) is 0.500. The summed E-state index contributed by atoms with van der Waals surface area (Å²) < 4.78 is 47.3. The van der Waals surface area contributed by atoms with Gasteiger partial charge in [-0.2, -0.15) is 4.31 Å². The number of sulfonamides is 1. The molecule has 1 aromatic carbocycles. The minimum absolute atomic E-state index is 0.0639. The fourth-order valence-corrected chi connectivity index (χ4v) is 3.75. The molecule has 1 unspecified atom stereocenters. The van der Waals surface area contributed by atoms with Gasteiger partial charge in [-0.25, -0.2) is 13.2 Å². The Morgan fingerprint density at radius 1 is 1.26 bits per heavy atom. The van der Waals surface area contributed by atoms with Crippen molar-refractivity contribution < 1.29 is 32.2 Å². The highest BCUT2D eigenvalue weighted by atomic mass is 32.2. The molecular formula is C18H25NO7S. The van der Waals surface area contributed by atoms with E-state index in [2.05, 4.69) is 6.58 Å². The zero-order valence-electron chi connectivity index (χ0n) is 15.3. The first-order valence-corrected chi connectivity index (χ1v) is 10.1. The SMILES string of the molecule is C=CCOC(C)C(=O)OCCOc1ccc(S(=O)(=O)N2CCOCC2)cc1. The average molecular weight is 399 g/mol. The van der Waals surface area contributed by atoms with Gasteiger partial charge in [0.15, 0.2) is 6.10 Å². The summed E-state index contributed by atoms with van der Waals surface area (Å²) >= 11 is 0. The Kier molecular flexibility index (Phi) is 8.23. The van der Waals surface area contributed by atoms with Gasteiger partial charge in [0, 0.05) is 13.1 Å². The lowest BCUT2D eigenvalue weighted by Gasteiger charge is -2.26. The highest BCUT2D eigenvalue weighted by molar-refractivity contribution is 7.89. The molecule has 1 aliphatic heterocycles. The summed E-state index contributed by atoms with van der Waals surface area (Å²) in [6.45, 7) is 7.08. The Labute approximate surface area is 159 Å². The van der Waals surface area contributed by atoms with Crippen LogP contribution in [-0.2, 0) is 29.0 Å². The second kappa shape index (κ2) is 10.4. The Hall–Kier alpha value is -1.94. The summed E-state index contributed by atoms with van der Waals surface area (Å²) in [5.41, 5.74) is 0. The van der Waals surface area contributed by atoms with Crippen LogP contribution in [0.2, 0.25) is 0 Å². The number of benzene rings is 1. The maximum Gasteiger partial charge on any atom is 0.335 e. The molecule has 2 rings (SSSR count). The summed E-state index contributed by atoms with van der Waals surface area (Å²) in [7, 11) is -3.52. The van der Waals surface area contributed by atoms with Crippen LogP contribution in [0.1, 0.15) is 6.92 Å². The van der Waals surface area contributed by atoms with E-state index >= 15 is 0 Å². The van der Waals surface area contributed by atoms with E-state index < -0.39 is 22.1 Å². The van der Waals surface area contributed by atoms with Gasteiger partial charge >= 0.3 is 5.97 Å². The number of hydrogen-bond acceptors (Lipinski definition) is 7. The number of carbonyl (C=O) groups excluding carboxylic acids is 1. The summed E-state index contributed by atoms with van der Waals surface area (Å²) in [4.78, 5) is 11.9. The summed E-state index contributed by atoms with van der Waals surface area (Å²) in [6.07, 6.45) is 0.878. The van der Waals surface area contributed by atoms with Gasteiger partial charge in [-0.15, -0.1) is 6.58 Å². The Bertz CT molecular complexity index is 712. The third-order valence-electron chi connectivity index (χ3n) is 3.82. The first-order chi connectivity index (χ1) is 12.9. The van der Waals surface area contributed by atoms with Gasteiger partial charge in [0.1, 0.15) is 19.0 Å². The van der Waals surface area contributed by atoms with Gasteiger partial charge in [0.25, 0.3) is 0 Å². The van der Waals surface area contributed by atoms with Crippen molar-refractivity contribution in [3.63, 3.8) is 0 Å². The number of morpholine rings is 1. The van der Waals surface area contributed by atoms with Crippen molar-refractivity contribution in [1.82, 2.24) is 4.31 Å². The Morgan fingerprint density at radius 3 is 2.56 bits per heavy atom. The van der Waals surface area contributed by atoms with Gasteiger partial charge in [0.2, 0.25) is 10.0 Å². The second-order valence-electron chi connectivity index (χ2n) is 5.77. The third kappa shape index (κ3) is 6.31. The van der Waals surface area contributed by atoms with Gasteiger partial charge in [0.05, 0.1) is 24.7 Å². The van der Waals surface area contributed by atoms with Crippen LogP contribution in [0.15, 0.2) is 41.8 Å². The van der Waals surface area contributed by atoms with E-state index in [1.165, 1.54) is 16.4 Å². The van der Waals surface area contributed by atoms with Crippen molar-refractivity contribution >= 4 is 16.0 Å². The van der Waals surface area contributed by atoms with Crippen LogP contribution in [0.3, 0.4) is 0 Å². The van der Waals surface area contributed by atoms with Gasteiger partial charge < -0.3 is 18.9 Å². The van der Waals surface area contributed by atoms with E-state index in [9.17, 15) is 13.2 Å². The minimum Gasteiger partial charge on any atom is -0.490 e. The van der Waals surface area contributed by atoms with E-state index in [4.69, 9.17) is 18.9 Å². The van der Waals surface area contributed by atoms with E-state index in [0.717, 1.165) is 0 Å².